The molecule has 1 atom stereocenters. The van der Waals surface area contributed by atoms with Crippen molar-refractivity contribution < 1.29 is 5.11 Å². The van der Waals surface area contributed by atoms with E-state index in [0.29, 0.717) is 0 Å². The lowest BCUT2D eigenvalue weighted by molar-refractivity contribution is 0.187. The van der Waals surface area contributed by atoms with Gasteiger partial charge in [0.2, 0.25) is 0 Å². The van der Waals surface area contributed by atoms with Gasteiger partial charge in [0.1, 0.15) is 0 Å². The van der Waals surface area contributed by atoms with Gasteiger partial charge in [-0.2, -0.15) is 5.10 Å². The Morgan fingerprint density at radius 1 is 1.73 bits per heavy atom. The molecule has 0 radical (unpaired) electrons. The third-order valence-corrected chi connectivity index (χ3v) is 1.61. The number of nitrogens with zero attached hydrogens (tertiary/aromatic N) is 2. The van der Waals surface area contributed by atoms with Crippen LogP contribution in [0.3, 0.4) is 0 Å². The Morgan fingerprint density at radius 3 is 3.00 bits per heavy atom. The minimum Gasteiger partial charge on any atom is -0.387 e. The summed E-state index contributed by atoms with van der Waals surface area (Å²) in [5.74, 6) is 0. The van der Waals surface area contributed by atoms with Crippen LogP contribution in [0.25, 0.3) is 0 Å². The summed E-state index contributed by atoms with van der Waals surface area (Å²) >= 11 is 0. The molecule has 0 spiro atoms. The predicted octanol–water partition coefficient (Wildman–Crippen LogP) is 1.35. The van der Waals surface area contributed by atoms with Crippen LogP contribution in [0.4, 0.5) is 0 Å². The molecule has 0 unspecified atom stereocenters. The van der Waals surface area contributed by atoms with Gasteiger partial charge < -0.3 is 5.11 Å². The molecule has 11 heavy (non-hydrogen) atoms. The van der Waals surface area contributed by atoms with Gasteiger partial charge >= 0.3 is 0 Å². The quantitative estimate of drug-likeness (QED) is 0.713. The van der Waals surface area contributed by atoms with Gasteiger partial charge in [0.05, 0.1) is 11.8 Å². The molecule has 0 bridgehead atoms. The molecule has 62 valence electrons. The van der Waals surface area contributed by atoms with Crippen molar-refractivity contribution in [1.82, 2.24) is 9.78 Å². The smallest absolute Gasteiger partial charge is 0.0928 e. The topological polar surface area (TPSA) is 38.0 Å². The maximum atomic E-state index is 9.26. The van der Waals surface area contributed by atoms with Crippen molar-refractivity contribution in [3.05, 3.63) is 18.0 Å². The Bertz CT molecular complexity index is 218. The molecule has 0 saturated carbocycles. The fourth-order valence-corrected chi connectivity index (χ4v) is 1.10. The Hall–Kier alpha value is -0.830. The van der Waals surface area contributed by atoms with Crippen LogP contribution in [0.1, 0.15) is 32.1 Å². The van der Waals surface area contributed by atoms with Crippen LogP contribution in [0, 0.1) is 0 Å². The second-order valence-electron chi connectivity index (χ2n) is 2.66. The van der Waals surface area contributed by atoms with E-state index in [1.807, 2.05) is 10.7 Å². The fourth-order valence-electron chi connectivity index (χ4n) is 1.10. The molecule has 3 nitrogen and oxygen atoms in total. The summed E-state index contributed by atoms with van der Waals surface area (Å²) < 4.78 is 1.84. The minimum atomic E-state index is -0.413. The third kappa shape index (κ3) is 1.80. The number of aliphatic hydroxyl groups is 1. The largest absolute Gasteiger partial charge is 0.387 e. The maximum absolute atomic E-state index is 9.26. The first-order valence-corrected chi connectivity index (χ1v) is 3.95. The van der Waals surface area contributed by atoms with Crippen LogP contribution >= 0.6 is 0 Å². The summed E-state index contributed by atoms with van der Waals surface area (Å²) in [6.45, 7) is 4.73. The van der Waals surface area contributed by atoms with Crippen molar-refractivity contribution in [1.29, 1.82) is 0 Å². The van der Waals surface area contributed by atoms with Gasteiger partial charge in [-0.3, -0.25) is 4.68 Å². The zero-order chi connectivity index (χ0) is 8.27. The number of rotatable bonds is 3. The molecule has 3 heteroatoms. The third-order valence-electron chi connectivity index (χ3n) is 1.61. The lowest BCUT2D eigenvalue weighted by atomic mass is 10.3. The van der Waals surface area contributed by atoms with E-state index in [-0.39, 0.29) is 0 Å². The first-order valence-electron chi connectivity index (χ1n) is 3.95. The van der Waals surface area contributed by atoms with E-state index in [4.69, 9.17) is 0 Å². The van der Waals surface area contributed by atoms with Gasteiger partial charge in [-0.25, -0.2) is 0 Å². The second-order valence-corrected chi connectivity index (χ2v) is 2.66. The summed E-state index contributed by atoms with van der Waals surface area (Å²) in [4.78, 5) is 0. The lowest BCUT2D eigenvalue weighted by Gasteiger charge is -2.07. The fraction of sp³-hybridized carbons (Fsp3) is 0.625. The van der Waals surface area contributed by atoms with E-state index >= 15 is 0 Å². The Balaban J connectivity index is 2.78. The first kappa shape index (κ1) is 8.27. The van der Waals surface area contributed by atoms with E-state index < -0.39 is 6.10 Å². The van der Waals surface area contributed by atoms with Gasteiger partial charge in [0, 0.05) is 12.7 Å². The van der Waals surface area contributed by atoms with Gasteiger partial charge in [0.25, 0.3) is 0 Å². The molecule has 1 N–H and O–H groups in total. The minimum absolute atomic E-state index is 0.413. The van der Waals surface area contributed by atoms with Gasteiger partial charge in [-0.15, -0.1) is 0 Å². The molecule has 0 fully saturated rings. The van der Waals surface area contributed by atoms with E-state index in [1.165, 1.54) is 0 Å². The summed E-state index contributed by atoms with van der Waals surface area (Å²) in [6, 6.07) is 1.85. The van der Waals surface area contributed by atoms with Gasteiger partial charge in [-0.1, -0.05) is 6.92 Å². The predicted molar refractivity (Wildman–Crippen MR) is 43.2 cm³/mol. The number of hydrogen-bond acceptors (Lipinski definition) is 2. The molecule has 0 aliphatic rings. The second kappa shape index (κ2) is 3.53. The molecule has 0 aromatic carbocycles. The maximum Gasteiger partial charge on any atom is 0.0928 e. The highest BCUT2D eigenvalue weighted by Crippen LogP contribution is 2.10. The van der Waals surface area contributed by atoms with Gasteiger partial charge in [0.15, 0.2) is 0 Å². The monoisotopic (exact) mass is 154 g/mol. The lowest BCUT2D eigenvalue weighted by Crippen LogP contribution is -2.06. The summed E-state index contributed by atoms with van der Waals surface area (Å²) in [6.07, 6.45) is 2.35. The Morgan fingerprint density at radius 2 is 2.45 bits per heavy atom. The van der Waals surface area contributed by atoms with Crippen molar-refractivity contribution in [2.75, 3.05) is 0 Å². The number of aliphatic hydroxyl groups excluding tert-OH is 1. The van der Waals surface area contributed by atoms with E-state index in [0.717, 1.165) is 18.7 Å². The number of hydrogen-bond donors (Lipinski definition) is 1. The zero-order valence-corrected chi connectivity index (χ0v) is 6.99. The Kier molecular flexibility index (Phi) is 2.65. The van der Waals surface area contributed by atoms with Crippen LogP contribution in [-0.2, 0) is 6.54 Å². The van der Waals surface area contributed by atoms with Gasteiger partial charge in [-0.05, 0) is 19.4 Å². The van der Waals surface area contributed by atoms with Crippen LogP contribution in [0.5, 0.6) is 0 Å². The molecule has 0 aliphatic heterocycles. The average molecular weight is 154 g/mol. The Labute approximate surface area is 66.7 Å². The normalized spacial score (nSPS) is 13.4. The molecule has 0 saturated heterocycles. The molecule has 0 amide bonds. The molecule has 1 aromatic rings. The van der Waals surface area contributed by atoms with Crippen molar-refractivity contribution in [2.24, 2.45) is 0 Å². The van der Waals surface area contributed by atoms with Crippen molar-refractivity contribution in [3.63, 3.8) is 0 Å². The van der Waals surface area contributed by atoms with E-state index in [9.17, 15) is 5.11 Å². The van der Waals surface area contributed by atoms with Crippen LogP contribution in [0.2, 0.25) is 0 Å². The van der Waals surface area contributed by atoms with E-state index in [2.05, 4.69) is 12.0 Å². The molecule has 1 heterocycles. The van der Waals surface area contributed by atoms with Crippen LogP contribution < -0.4 is 0 Å². The van der Waals surface area contributed by atoms with E-state index in [1.54, 1.807) is 13.1 Å². The highest BCUT2D eigenvalue weighted by molar-refractivity contribution is 5.02. The SMILES string of the molecule is CCCn1nccc1[C@@H](C)O. The van der Waals surface area contributed by atoms with Crippen molar-refractivity contribution >= 4 is 0 Å². The van der Waals surface area contributed by atoms with Crippen molar-refractivity contribution in [2.45, 2.75) is 32.9 Å². The molecule has 1 aromatic heterocycles. The standard InChI is InChI=1S/C8H14N2O/c1-3-6-10-8(7(2)11)4-5-9-10/h4-5,7,11H,3,6H2,1-2H3/t7-/m1/s1. The van der Waals surface area contributed by atoms with Crippen molar-refractivity contribution in [3.8, 4) is 0 Å². The summed E-state index contributed by atoms with van der Waals surface area (Å²) in [5.41, 5.74) is 0.895. The zero-order valence-electron chi connectivity index (χ0n) is 6.99. The molecule has 1 rings (SSSR count). The summed E-state index contributed by atoms with van der Waals surface area (Å²) in [7, 11) is 0. The average Bonchev–Trinajstić information content (AvgIpc) is 2.36. The molecular formula is C8H14N2O. The molecule has 0 aliphatic carbocycles. The van der Waals surface area contributed by atoms with Crippen LogP contribution in [-0.4, -0.2) is 14.9 Å². The van der Waals surface area contributed by atoms with Crippen LogP contribution in [0.15, 0.2) is 12.3 Å². The molecular weight excluding hydrogens is 140 g/mol. The summed E-state index contributed by atoms with van der Waals surface area (Å²) in [5, 5.41) is 13.3. The first-order chi connectivity index (χ1) is 5.25. The number of aryl methyl sites for hydroxylation is 1. The highest BCUT2D eigenvalue weighted by atomic mass is 16.3. The number of aromatic nitrogens is 2. The highest BCUT2D eigenvalue weighted by Gasteiger charge is 2.05.